The molecule has 0 aliphatic carbocycles. The van der Waals surface area contributed by atoms with Gasteiger partial charge in [-0.1, -0.05) is 12.2 Å². The Balaban J connectivity index is 3.64. The summed E-state index contributed by atoms with van der Waals surface area (Å²) in [4.78, 5) is 22.3. The lowest BCUT2D eigenvalue weighted by Gasteiger charge is -2.02. The highest BCUT2D eigenvalue weighted by Crippen LogP contribution is 1.88. The normalized spacial score (nSPS) is 11.1. The van der Waals surface area contributed by atoms with Crippen LogP contribution >= 0.6 is 0 Å². The van der Waals surface area contributed by atoms with Gasteiger partial charge in [-0.25, -0.2) is 9.59 Å². The third-order valence-corrected chi connectivity index (χ3v) is 1.71. The zero-order valence-corrected chi connectivity index (χ0v) is 11.7. The fourth-order valence-electron chi connectivity index (χ4n) is 0.942. The zero-order valence-electron chi connectivity index (χ0n) is 11.7. The second-order valence-electron chi connectivity index (χ2n) is 3.35. The van der Waals surface area contributed by atoms with Crippen LogP contribution in [0.25, 0.3) is 0 Å². The van der Waals surface area contributed by atoms with Crippen molar-refractivity contribution in [2.75, 3.05) is 26.4 Å². The van der Waals surface area contributed by atoms with Crippen LogP contribution in [0.15, 0.2) is 36.8 Å². The number of carbonyl (C=O) groups is 2. The molecule has 112 valence electrons. The van der Waals surface area contributed by atoms with Crippen molar-refractivity contribution in [3.05, 3.63) is 36.8 Å². The Bertz CT molecular complexity index is 323. The molecule has 0 aromatic heterocycles. The van der Waals surface area contributed by atoms with E-state index in [1.54, 1.807) is 12.2 Å². The SMILES string of the molecule is CC=COCCOC(=O)/C=C/C(=O)OCCOC=CC. The quantitative estimate of drug-likeness (QED) is 0.263. The lowest BCUT2D eigenvalue weighted by atomic mass is 10.5. The Morgan fingerprint density at radius 2 is 1.15 bits per heavy atom. The van der Waals surface area contributed by atoms with E-state index in [2.05, 4.69) is 0 Å². The third-order valence-electron chi connectivity index (χ3n) is 1.71. The van der Waals surface area contributed by atoms with E-state index in [0.29, 0.717) is 0 Å². The van der Waals surface area contributed by atoms with E-state index < -0.39 is 11.9 Å². The van der Waals surface area contributed by atoms with Crippen molar-refractivity contribution in [2.45, 2.75) is 13.8 Å². The van der Waals surface area contributed by atoms with Crippen molar-refractivity contribution < 1.29 is 28.5 Å². The number of hydrogen-bond acceptors (Lipinski definition) is 6. The Morgan fingerprint density at radius 3 is 1.50 bits per heavy atom. The minimum Gasteiger partial charge on any atom is -0.498 e. The van der Waals surface area contributed by atoms with Crippen LogP contribution in [0.4, 0.5) is 0 Å². The molecule has 0 unspecified atom stereocenters. The van der Waals surface area contributed by atoms with Crippen LogP contribution in [-0.4, -0.2) is 38.4 Å². The van der Waals surface area contributed by atoms with Gasteiger partial charge in [-0.15, -0.1) is 0 Å². The van der Waals surface area contributed by atoms with Gasteiger partial charge in [-0.2, -0.15) is 0 Å². The monoisotopic (exact) mass is 284 g/mol. The van der Waals surface area contributed by atoms with Gasteiger partial charge in [0.05, 0.1) is 12.5 Å². The minimum atomic E-state index is -0.629. The van der Waals surface area contributed by atoms with Crippen molar-refractivity contribution in [2.24, 2.45) is 0 Å². The predicted octanol–water partition coefficient (Wildman–Crippen LogP) is 1.73. The Hall–Kier alpha value is -2.24. The van der Waals surface area contributed by atoms with Gasteiger partial charge in [-0.3, -0.25) is 0 Å². The summed E-state index contributed by atoms with van der Waals surface area (Å²) in [6.07, 6.45) is 8.44. The molecule has 20 heavy (non-hydrogen) atoms. The van der Waals surface area contributed by atoms with Crippen LogP contribution in [0.3, 0.4) is 0 Å². The molecule has 0 saturated carbocycles. The summed E-state index contributed by atoms with van der Waals surface area (Å²) in [7, 11) is 0. The van der Waals surface area contributed by atoms with Crippen molar-refractivity contribution in [3.8, 4) is 0 Å². The molecule has 0 amide bonds. The van der Waals surface area contributed by atoms with E-state index in [0.717, 1.165) is 12.2 Å². The summed E-state index contributed by atoms with van der Waals surface area (Å²) in [5.41, 5.74) is 0. The Labute approximate surface area is 118 Å². The standard InChI is InChI=1S/C14H20O6/c1-3-7-17-9-11-19-13(15)5-6-14(16)20-12-10-18-8-4-2/h3-8H,9-12H2,1-2H3/b6-5+,7-3?,8-4?. The molecule has 0 aromatic rings. The lowest BCUT2D eigenvalue weighted by molar-refractivity contribution is -0.141. The Kier molecular flexibility index (Phi) is 11.7. The number of rotatable bonds is 10. The van der Waals surface area contributed by atoms with Gasteiger partial charge in [0.25, 0.3) is 0 Å². The third kappa shape index (κ3) is 12.2. The maximum atomic E-state index is 11.2. The van der Waals surface area contributed by atoms with Gasteiger partial charge in [0, 0.05) is 12.2 Å². The van der Waals surface area contributed by atoms with Gasteiger partial charge >= 0.3 is 11.9 Å². The van der Waals surface area contributed by atoms with Gasteiger partial charge in [0.15, 0.2) is 0 Å². The first-order valence-electron chi connectivity index (χ1n) is 6.17. The molecule has 0 saturated heterocycles. The smallest absolute Gasteiger partial charge is 0.331 e. The molecule has 0 atom stereocenters. The highest BCUT2D eigenvalue weighted by Gasteiger charge is 2.00. The van der Waals surface area contributed by atoms with E-state index in [1.165, 1.54) is 12.5 Å². The summed E-state index contributed by atoms with van der Waals surface area (Å²) in [5, 5.41) is 0. The van der Waals surface area contributed by atoms with Crippen molar-refractivity contribution in [1.82, 2.24) is 0 Å². The predicted molar refractivity (Wildman–Crippen MR) is 72.6 cm³/mol. The van der Waals surface area contributed by atoms with Crippen LogP contribution in [0, 0.1) is 0 Å². The number of ether oxygens (including phenoxy) is 4. The van der Waals surface area contributed by atoms with Crippen molar-refractivity contribution in [1.29, 1.82) is 0 Å². The fourth-order valence-corrected chi connectivity index (χ4v) is 0.942. The molecular weight excluding hydrogens is 264 g/mol. The first kappa shape index (κ1) is 17.8. The molecule has 0 aliphatic rings. The number of carbonyl (C=O) groups excluding carboxylic acids is 2. The molecule has 0 radical (unpaired) electrons. The molecule has 0 fully saturated rings. The molecule has 0 spiro atoms. The molecule has 0 bridgehead atoms. The number of hydrogen-bond donors (Lipinski definition) is 0. The second-order valence-corrected chi connectivity index (χ2v) is 3.35. The van der Waals surface area contributed by atoms with Gasteiger partial charge < -0.3 is 18.9 Å². The van der Waals surface area contributed by atoms with E-state index >= 15 is 0 Å². The van der Waals surface area contributed by atoms with Gasteiger partial charge in [0.2, 0.25) is 0 Å². The van der Waals surface area contributed by atoms with Crippen LogP contribution in [0.1, 0.15) is 13.8 Å². The Morgan fingerprint density at radius 1 is 0.750 bits per heavy atom. The van der Waals surface area contributed by atoms with Gasteiger partial charge in [-0.05, 0) is 13.8 Å². The highest BCUT2D eigenvalue weighted by molar-refractivity contribution is 5.91. The average Bonchev–Trinajstić information content (AvgIpc) is 2.44. The summed E-state index contributed by atoms with van der Waals surface area (Å²) in [6, 6.07) is 0. The number of esters is 2. The van der Waals surface area contributed by atoms with Crippen LogP contribution in [-0.2, 0) is 28.5 Å². The second kappa shape index (κ2) is 13.2. The molecule has 0 N–H and O–H groups in total. The summed E-state index contributed by atoms with van der Waals surface area (Å²) < 4.78 is 19.4. The summed E-state index contributed by atoms with van der Waals surface area (Å²) in [6.45, 7) is 4.36. The average molecular weight is 284 g/mol. The van der Waals surface area contributed by atoms with Crippen LogP contribution < -0.4 is 0 Å². The molecular formula is C14H20O6. The van der Waals surface area contributed by atoms with E-state index in [1.807, 2.05) is 13.8 Å². The van der Waals surface area contributed by atoms with Crippen molar-refractivity contribution >= 4 is 11.9 Å². The first-order chi connectivity index (χ1) is 9.70. The van der Waals surface area contributed by atoms with Crippen LogP contribution in [0.5, 0.6) is 0 Å². The maximum Gasteiger partial charge on any atom is 0.331 e. The first-order valence-corrected chi connectivity index (χ1v) is 6.17. The molecule has 0 aliphatic heterocycles. The topological polar surface area (TPSA) is 71.1 Å². The maximum absolute atomic E-state index is 11.2. The fraction of sp³-hybridized carbons (Fsp3) is 0.429. The van der Waals surface area contributed by atoms with Crippen molar-refractivity contribution in [3.63, 3.8) is 0 Å². The molecule has 0 rings (SSSR count). The molecule has 6 nitrogen and oxygen atoms in total. The summed E-state index contributed by atoms with van der Waals surface area (Å²) >= 11 is 0. The molecule has 6 heteroatoms. The van der Waals surface area contributed by atoms with Gasteiger partial charge in [0.1, 0.15) is 26.4 Å². The summed E-state index contributed by atoms with van der Waals surface area (Å²) in [5.74, 6) is -1.26. The zero-order chi connectivity index (χ0) is 15.1. The lowest BCUT2D eigenvalue weighted by Crippen LogP contribution is -2.09. The number of allylic oxidation sites excluding steroid dienone is 2. The minimum absolute atomic E-state index is 0.111. The highest BCUT2D eigenvalue weighted by atomic mass is 16.6. The molecule has 0 heterocycles. The molecule has 0 aromatic carbocycles. The van der Waals surface area contributed by atoms with Crippen LogP contribution in [0.2, 0.25) is 0 Å². The van der Waals surface area contributed by atoms with E-state index in [4.69, 9.17) is 18.9 Å². The largest absolute Gasteiger partial charge is 0.498 e. The van der Waals surface area contributed by atoms with E-state index in [-0.39, 0.29) is 26.4 Å². The van der Waals surface area contributed by atoms with E-state index in [9.17, 15) is 9.59 Å².